The zero-order chi connectivity index (χ0) is 36.8. The third kappa shape index (κ3) is 10.9. The summed E-state index contributed by atoms with van der Waals surface area (Å²) in [4.78, 5) is 58.6. The lowest BCUT2D eigenvalue weighted by Crippen LogP contribution is -2.63. The van der Waals surface area contributed by atoms with Crippen molar-refractivity contribution in [1.29, 1.82) is 0 Å². The van der Waals surface area contributed by atoms with Gasteiger partial charge < -0.3 is 33.2 Å². The van der Waals surface area contributed by atoms with E-state index in [4.69, 9.17) is 33.2 Å². The second-order valence-electron chi connectivity index (χ2n) is 9.95. The van der Waals surface area contributed by atoms with Crippen molar-refractivity contribution >= 4 is 55.9 Å². The van der Waals surface area contributed by atoms with Gasteiger partial charge in [-0.05, 0) is 12.1 Å². The average Bonchev–Trinajstić information content (AvgIpc) is 3.43. The van der Waals surface area contributed by atoms with Crippen molar-refractivity contribution < 1.29 is 83.3 Å². The van der Waals surface area contributed by atoms with Crippen molar-refractivity contribution in [2.75, 3.05) is 13.2 Å². The summed E-state index contributed by atoms with van der Waals surface area (Å²) in [7, 11) is -5.31. The lowest BCUT2D eigenvalue weighted by molar-refractivity contribution is -0.308. The van der Waals surface area contributed by atoms with E-state index in [9.17, 15) is 50.1 Å². The molecular formula is C26H27BrF3N3O15S. The van der Waals surface area contributed by atoms with E-state index in [2.05, 4.69) is 26.2 Å². The topological polar surface area (TPSA) is 235 Å². The van der Waals surface area contributed by atoms with Crippen LogP contribution in [0, 0.1) is 0 Å². The smallest absolute Gasteiger partial charge is 0.420 e. The van der Waals surface area contributed by atoms with Crippen LogP contribution in [0.15, 0.2) is 27.7 Å². The van der Waals surface area contributed by atoms with Crippen LogP contribution in [0.1, 0.15) is 43.7 Å². The number of carbonyl (C=O) groups is 5. The van der Waals surface area contributed by atoms with Gasteiger partial charge in [-0.2, -0.15) is 21.6 Å². The Morgan fingerprint density at radius 2 is 1.55 bits per heavy atom. The zero-order valence-electron chi connectivity index (χ0n) is 25.7. The molecule has 23 heteroatoms. The monoisotopic (exact) mass is 789 g/mol. The fourth-order valence-electron chi connectivity index (χ4n) is 4.31. The average molecular weight is 790 g/mol. The second kappa shape index (κ2) is 16.0. The number of alkyl halides is 3. The van der Waals surface area contributed by atoms with E-state index >= 15 is 0 Å². The number of halogens is 4. The molecule has 3 rings (SSSR count). The lowest BCUT2D eigenvalue weighted by atomic mass is 9.98. The molecule has 0 aliphatic carbocycles. The first-order valence-electron chi connectivity index (χ1n) is 13.6. The lowest BCUT2D eigenvalue weighted by Gasteiger charge is -2.44. The molecular weight excluding hydrogens is 763 g/mol. The summed E-state index contributed by atoms with van der Waals surface area (Å²) in [6, 6.07) is 1.02. The number of ether oxygens (including phenoxy) is 7. The number of carbonyl (C=O) groups excluding carboxylic acids is 5. The Morgan fingerprint density at radius 1 is 0.959 bits per heavy atom. The summed E-state index contributed by atoms with van der Waals surface area (Å²) in [5.41, 5.74) is -2.39. The molecule has 0 radical (unpaired) electrons. The summed E-state index contributed by atoms with van der Waals surface area (Å²) in [6.07, 6.45) is -11.6. The van der Waals surface area contributed by atoms with Gasteiger partial charge in [-0.1, -0.05) is 21.1 Å². The molecule has 2 heterocycles. The number of aromatic nitrogens is 3. The Hall–Kier alpha value is -4.19. The highest BCUT2D eigenvalue weighted by molar-refractivity contribution is 9.10. The highest BCUT2D eigenvalue weighted by atomic mass is 79.9. The number of hydrogen-bond acceptors (Lipinski definition) is 16. The fraction of sp³-hybridized carbons (Fsp3) is 0.500. The fourth-order valence-corrected chi connectivity index (χ4v) is 5.58. The first-order chi connectivity index (χ1) is 22.7. The molecule has 1 saturated heterocycles. The maximum absolute atomic E-state index is 13.7. The predicted molar refractivity (Wildman–Crippen MR) is 152 cm³/mol. The Labute approximate surface area is 282 Å². The Balaban J connectivity index is 1.82. The summed E-state index contributed by atoms with van der Waals surface area (Å²) in [5.74, 6) is -6.42. The highest BCUT2D eigenvalue weighted by Gasteiger charge is 2.52. The summed E-state index contributed by atoms with van der Waals surface area (Å²) in [6.45, 7) is 3.01. The molecule has 0 amide bonds. The molecule has 1 unspecified atom stereocenters. The Morgan fingerprint density at radius 3 is 2.10 bits per heavy atom. The maximum atomic E-state index is 13.7. The van der Waals surface area contributed by atoms with Gasteiger partial charge >= 0.3 is 36.0 Å². The number of nitrogens with zero attached hydrogens (tertiary/aromatic N) is 3. The van der Waals surface area contributed by atoms with Crippen molar-refractivity contribution in [2.24, 2.45) is 0 Å². The van der Waals surface area contributed by atoms with Crippen molar-refractivity contribution in [3.05, 3.63) is 34.1 Å². The minimum Gasteiger partial charge on any atom is -0.463 e. The SMILES string of the molecule is CC(=O)OC[C@H]1O[C@@H](OCCn2cc(C(=O)Oc3c(C(F)(F)F)cc(Br)cc3S(=O)(=O)O)nn2)[C@H](OC(C)=O)[C@@H](OC(C)=O)C1OC(C)=O. The Kier molecular flexibility index (Phi) is 12.8. The minimum atomic E-state index is -5.31. The van der Waals surface area contributed by atoms with E-state index in [1.807, 2.05) is 0 Å². The van der Waals surface area contributed by atoms with Crippen molar-refractivity contribution in [3.63, 3.8) is 0 Å². The van der Waals surface area contributed by atoms with Gasteiger partial charge in [0.2, 0.25) is 0 Å². The van der Waals surface area contributed by atoms with Gasteiger partial charge in [0.05, 0.1) is 19.3 Å². The van der Waals surface area contributed by atoms with E-state index in [0.717, 1.165) is 38.6 Å². The number of benzene rings is 1. The molecule has 1 aliphatic rings. The third-order valence-corrected chi connectivity index (χ3v) is 7.41. The number of rotatable bonds is 12. The van der Waals surface area contributed by atoms with Gasteiger partial charge in [-0.15, -0.1) is 5.10 Å². The van der Waals surface area contributed by atoms with E-state index < -0.39 is 110 Å². The molecule has 1 aromatic heterocycles. The second-order valence-corrected chi connectivity index (χ2v) is 12.3. The van der Waals surface area contributed by atoms with Gasteiger partial charge in [0.1, 0.15) is 23.2 Å². The van der Waals surface area contributed by atoms with E-state index in [1.54, 1.807) is 0 Å². The predicted octanol–water partition coefficient (Wildman–Crippen LogP) is 1.62. The number of esters is 5. The normalized spacial score (nSPS) is 21.0. The minimum absolute atomic E-state index is 0.268. The summed E-state index contributed by atoms with van der Waals surface area (Å²) < 4.78 is 112. The molecule has 0 saturated carbocycles. The number of hydrogen-bond donors (Lipinski definition) is 1. The molecule has 5 atom stereocenters. The van der Waals surface area contributed by atoms with Gasteiger partial charge in [0.25, 0.3) is 10.1 Å². The maximum Gasteiger partial charge on any atom is 0.420 e. The van der Waals surface area contributed by atoms with Crippen LogP contribution in [-0.2, 0) is 70.4 Å². The van der Waals surface area contributed by atoms with Crippen LogP contribution in [0.25, 0.3) is 0 Å². The molecule has 18 nitrogen and oxygen atoms in total. The zero-order valence-corrected chi connectivity index (χ0v) is 28.1. The third-order valence-electron chi connectivity index (χ3n) is 6.10. The largest absolute Gasteiger partial charge is 0.463 e. The van der Waals surface area contributed by atoms with E-state index in [1.165, 1.54) is 0 Å². The highest BCUT2D eigenvalue weighted by Crippen LogP contribution is 2.42. The van der Waals surface area contributed by atoms with Gasteiger partial charge in [0.15, 0.2) is 36.0 Å². The first-order valence-corrected chi connectivity index (χ1v) is 15.8. The standard InChI is InChI=1S/C26H27BrF3N3O15S/c1-11(34)43-10-18-21(44-12(2)35)22(45-13(3)36)23(46-14(4)37)25(47-18)42-6-5-33-9-17(31-32-33)24(38)48-20-16(26(28,29)30)7-15(27)8-19(20)49(39,40)41/h7-9,18,21-23,25H,5-6,10H2,1-4H3,(H,39,40,41)/t18-,21?,22+,23-,25-/m1/s1. The molecule has 0 spiro atoms. The van der Waals surface area contributed by atoms with Crippen LogP contribution >= 0.6 is 15.9 Å². The van der Waals surface area contributed by atoms with E-state index in [-0.39, 0.29) is 13.2 Å². The van der Waals surface area contributed by atoms with Crippen LogP contribution in [0.3, 0.4) is 0 Å². The molecule has 0 bridgehead atoms. The molecule has 49 heavy (non-hydrogen) atoms. The van der Waals surface area contributed by atoms with Gasteiger partial charge in [0, 0.05) is 32.2 Å². The van der Waals surface area contributed by atoms with Gasteiger partial charge in [-0.3, -0.25) is 23.7 Å². The molecule has 1 aromatic carbocycles. The van der Waals surface area contributed by atoms with Crippen LogP contribution in [0.4, 0.5) is 13.2 Å². The molecule has 2 aromatic rings. The van der Waals surface area contributed by atoms with Crippen molar-refractivity contribution in [2.45, 2.75) is 76.0 Å². The summed E-state index contributed by atoms with van der Waals surface area (Å²) in [5, 5.41) is 7.12. The van der Waals surface area contributed by atoms with Crippen LogP contribution in [-0.4, -0.2) is 102 Å². The van der Waals surface area contributed by atoms with Crippen LogP contribution in [0.2, 0.25) is 0 Å². The van der Waals surface area contributed by atoms with Crippen LogP contribution in [0.5, 0.6) is 5.75 Å². The Bertz CT molecular complexity index is 1700. The molecule has 1 aliphatic heterocycles. The van der Waals surface area contributed by atoms with Gasteiger partial charge in [-0.25, -0.2) is 9.48 Å². The van der Waals surface area contributed by atoms with Crippen LogP contribution < -0.4 is 4.74 Å². The summed E-state index contributed by atoms with van der Waals surface area (Å²) >= 11 is 2.71. The van der Waals surface area contributed by atoms with Crippen molar-refractivity contribution in [1.82, 2.24) is 15.0 Å². The molecule has 1 fully saturated rings. The van der Waals surface area contributed by atoms with Crippen molar-refractivity contribution in [3.8, 4) is 5.75 Å². The first kappa shape index (κ1) is 39.3. The molecule has 1 N–H and O–H groups in total. The quantitative estimate of drug-likeness (QED) is 0.139. The molecule has 270 valence electrons. The van der Waals surface area contributed by atoms with E-state index in [0.29, 0.717) is 12.1 Å².